The molecule has 1 saturated heterocycles. The number of hydrogen-bond donors (Lipinski definition) is 1. The van der Waals surface area contributed by atoms with Crippen LogP contribution in [-0.2, 0) is 9.84 Å². The quantitative estimate of drug-likeness (QED) is 0.945. The highest BCUT2D eigenvalue weighted by Crippen LogP contribution is 2.23. The van der Waals surface area contributed by atoms with Gasteiger partial charge in [0.25, 0.3) is 5.91 Å². The van der Waals surface area contributed by atoms with Gasteiger partial charge in [-0.15, -0.1) is 0 Å². The third kappa shape index (κ3) is 3.20. The number of carbonyl (C=O) groups is 1. The average molecular weight is 315 g/mol. The maximum atomic E-state index is 12.5. The van der Waals surface area contributed by atoms with E-state index in [0.717, 1.165) is 11.1 Å². The highest BCUT2D eigenvalue weighted by Gasteiger charge is 2.29. The fourth-order valence-electron chi connectivity index (χ4n) is 2.72. The van der Waals surface area contributed by atoms with Crippen molar-refractivity contribution >= 4 is 15.7 Å². The van der Waals surface area contributed by atoms with Crippen molar-refractivity contribution in [2.45, 2.75) is 12.5 Å². The van der Waals surface area contributed by atoms with Gasteiger partial charge in [-0.2, -0.15) is 0 Å². The predicted molar refractivity (Wildman–Crippen MR) is 86.4 cm³/mol. The minimum absolute atomic E-state index is 0.0340. The Hall–Kier alpha value is -2.14. The lowest BCUT2D eigenvalue weighted by molar-refractivity contribution is 0.0942. The Balaban J connectivity index is 1.85. The third-order valence-corrected chi connectivity index (χ3v) is 5.59. The maximum absolute atomic E-state index is 12.5. The summed E-state index contributed by atoms with van der Waals surface area (Å²) in [6, 6.07) is 16.7. The summed E-state index contributed by atoms with van der Waals surface area (Å²) < 4.78 is 23.0. The second-order valence-electron chi connectivity index (χ2n) is 5.49. The van der Waals surface area contributed by atoms with E-state index in [1.165, 1.54) is 0 Å². The Morgan fingerprint density at radius 1 is 1.00 bits per heavy atom. The van der Waals surface area contributed by atoms with Gasteiger partial charge in [-0.25, -0.2) is 8.42 Å². The molecule has 114 valence electrons. The van der Waals surface area contributed by atoms with Gasteiger partial charge >= 0.3 is 0 Å². The van der Waals surface area contributed by atoms with Gasteiger partial charge in [0.15, 0.2) is 9.84 Å². The molecule has 1 atom stereocenters. The molecule has 1 unspecified atom stereocenters. The van der Waals surface area contributed by atoms with Crippen LogP contribution >= 0.6 is 0 Å². The van der Waals surface area contributed by atoms with Crippen molar-refractivity contribution in [2.24, 2.45) is 0 Å². The molecule has 1 aliphatic rings. The molecule has 1 amide bonds. The molecule has 5 heteroatoms. The minimum Gasteiger partial charge on any atom is -0.348 e. The summed E-state index contributed by atoms with van der Waals surface area (Å²) in [5.41, 5.74) is 2.38. The number of carbonyl (C=O) groups excluding carboxylic acids is 1. The van der Waals surface area contributed by atoms with Crippen molar-refractivity contribution in [1.29, 1.82) is 0 Å². The lowest BCUT2D eigenvalue weighted by atomic mass is 9.99. The van der Waals surface area contributed by atoms with Crippen LogP contribution in [0.25, 0.3) is 11.1 Å². The van der Waals surface area contributed by atoms with Gasteiger partial charge in [0, 0.05) is 11.6 Å². The lowest BCUT2D eigenvalue weighted by Gasteiger charge is -2.14. The van der Waals surface area contributed by atoms with Gasteiger partial charge in [-0.05, 0) is 23.6 Å². The molecule has 0 saturated carbocycles. The first-order chi connectivity index (χ1) is 10.6. The fourth-order valence-corrected chi connectivity index (χ4v) is 4.40. The molecule has 1 heterocycles. The van der Waals surface area contributed by atoms with Gasteiger partial charge in [0.1, 0.15) is 0 Å². The van der Waals surface area contributed by atoms with Crippen molar-refractivity contribution in [1.82, 2.24) is 5.32 Å². The van der Waals surface area contributed by atoms with Crippen LogP contribution in [0.15, 0.2) is 54.6 Å². The molecule has 1 N–H and O–H groups in total. The first-order valence-electron chi connectivity index (χ1n) is 7.21. The molecule has 2 aromatic carbocycles. The number of rotatable bonds is 3. The summed E-state index contributed by atoms with van der Waals surface area (Å²) in [7, 11) is -3.00. The molecule has 4 nitrogen and oxygen atoms in total. The Labute approximate surface area is 130 Å². The van der Waals surface area contributed by atoms with Gasteiger partial charge in [-0.3, -0.25) is 4.79 Å². The van der Waals surface area contributed by atoms with E-state index in [2.05, 4.69) is 5.32 Å². The lowest BCUT2D eigenvalue weighted by Crippen LogP contribution is -2.35. The van der Waals surface area contributed by atoms with E-state index >= 15 is 0 Å². The minimum atomic E-state index is -3.00. The fraction of sp³-hybridized carbons (Fsp3) is 0.235. The molecule has 3 rings (SSSR count). The Morgan fingerprint density at radius 2 is 1.68 bits per heavy atom. The van der Waals surface area contributed by atoms with Crippen molar-refractivity contribution in [3.8, 4) is 11.1 Å². The number of nitrogens with one attached hydrogen (secondary N) is 1. The van der Waals surface area contributed by atoms with Gasteiger partial charge < -0.3 is 5.32 Å². The Bertz CT molecular complexity index is 785. The summed E-state index contributed by atoms with van der Waals surface area (Å²) in [6.45, 7) is 0. The van der Waals surface area contributed by atoms with Crippen molar-refractivity contribution in [3.05, 3.63) is 60.2 Å². The molecule has 0 aromatic heterocycles. The van der Waals surface area contributed by atoms with Crippen molar-refractivity contribution in [2.75, 3.05) is 11.5 Å². The SMILES string of the molecule is O=C(NC1CCS(=O)(=O)C1)c1ccccc1-c1ccccc1. The topological polar surface area (TPSA) is 63.2 Å². The first kappa shape index (κ1) is 14.8. The predicted octanol–water partition coefficient (Wildman–Crippen LogP) is 2.27. The Morgan fingerprint density at radius 3 is 2.36 bits per heavy atom. The molecular weight excluding hydrogens is 298 g/mol. The zero-order valence-electron chi connectivity index (χ0n) is 12.0. The largest absolute Gasteiger partial charge is 0.348 e. The molecule has 0 aliphatic carbocycles. The summed E-state index contributed by atoms with van der Waals surface area (Å²) in [4.78, 5) is 12.5. The van der Waals surface area contributed by atoms with Crippen LogP contribution in [-0.4, -0.2) is 31.9 Å². The molecule has 1 fully saturated rings. The number of benzene rings is 2. The van der Waals surface area contributed by atoms with E-state index in [0.29, 0.717) is 12.0 Å². The molecule has 1 aliphatic heterocycles. The van der Waals surface area contributed by atoms with Gasteiger partial charge in [-0.1, -0.05) is 48.5 Å². The van der Waals surface area contributed by atoms with Gasteiger partial charge in [0.2, 0.25) is 0 Å². The van der Waals surface area contributed by atoms with E-state index in [9.17, 15) is 13.2 Å². The molecule has 22 heavy (non-hydrogen) atoms. The van der Waals surface area contributed by atoms with E-state index in [1.807, 2.05) is 48.5 Å². The van der Waals surface area contributed by atoms with E-state index in [4.69, 9.17) is 0 Å². The second-order valence-corrected chi connectivity index (χ2v) is 7.71. The first-order valence-corrected chi connectivity index (χ1v) is 9.03. The van der Waals surface area contributed by atoms with Crippen LogP contribution in [0.5, 0.6) is 0 Å². The van der Waals surface area contributed by atoms with Crippen LogP contribution in [0.1, 0.15) is 16.8 Å². The zero-order chi connectivity index (χ0) is 15.6. The Kier molecular flexibility index (Phi) is 3.98. The number of amides is 1. The van der Waals surface area contributed by atoms with Crippen molar-refractivity contribution in [3.63, 3.8) is 0 Å². The summed E-state index contributed by atoms with van der Waals surface area (Å²) in [5, 5.41) is 2.84. The highest BCUT2D eigenvalue weighted by atomic mass is 32.2. The van der Waals surface area contributed by atoms with E-state index in [1.54, 1.807) is 6.07 Å². The monoisotopic (exact) mass is 315 g/mol. The van der Waals surface area contributed by atoms with Gasteiger partial charge in [0.05, 0.1) is 11.5 Å². The summed E-state index contributed by atoms with van der Waals surface area (Å²) in [5.74, 6) is -0.0357. The smallest absolute Gasteiger partial charge is 0.252 e. The van der Waals surface area contributed by atoms with Crippen LogP contribution in [0.4, 0.5) is 0 Å². The maximum Gasteiger partial charge on any atom is 0.252 e. The summed E-state index contributed by atoms with van der Waals surface area (Å²) in [6.07, 6.45) is 0.488. The van der Waals surface area contributed by atoms with E-state index in [-0.39, 0.29) is 23.5 Å². The van der Waals surface area contributed by atoms with Crippen LogP contribution < -0.4 is 5.32 Å². The summed E-state index contributed by atoms with van der Waals surface area (Å²) >= 11 is 0. The molecule has 2 aromatic rings. The molecule has 0 radical (unpaired) electrons. The number of hydrogen-bond acceptors (Lipinski definition) is 3. The molecule has 0 bridgehead atoms. The zero-order valence-corrected chi connectivity index (χ0v) is 12.8. The standard InChI is InChI=1S/C17H17NO3S/c19-17(18-14-10-11-22(20,21)12-14)16-9-5-4-8-15(16)13-6-2-1-3-7-13/h1-9,14H,10-12H2,(H,18,19). The molecular formula is C17H17NO3S. The average Bonchev–Trinajstić information content (AvgIpc) is 2.87. The highest BCUT2D eigenvalue weighted by molar-refractivity contribution is 7.91. The second kappa shape index (κ2) is 5.93. The van der Waals surface area contributed by atoms with Crippen molar-refractivity contribution < 1.29 is 13.2 Å². The normalized spacial score (nSPS) is 19.7. The third-order valence-electron chi connectivity index (χ3n) is 3.82. The van der Waals surface area contributed by atoms with E-state index < -0.39 is 9.84 Å². The number of sulfone groups is 1. The molecule has 0 spiro atoms. The van der Waals surface area contributed by atoms with Crippen LogP contribution in [0.2, 0.25) is 0 Å². The van der Waals surface area contributed by atoms with Crippen LogP contribution in [0.3, 0.4) is 0 Å². The van der Waals surface area contributed by atoms with Crippen LogP contribution in [0, 0.1) is 0 Å².